The zero-order valence-electron chi connectivity index (χ0n) is 12.1. The van der Waals surface area contributed by atoms with Crippen molar-refractivity contribution in [3.05, 3.63) is 29.3 Å². The number of benzene rings is 1. The van der Waals surface area contributed by atoms with Gasteiger partial charge in [-0.25, -0.2) is 0 Å². The van der Waals surface area contributed by atoms with E-state index in [1.807, 2.05) is 32.2 Å². The molecule has 1 aromatic carbocycles. The number of rotatable bonds is 4. The van der Waals surface area contributed by atoms with Gasteiger partial charge in [0.15, 0.2) is 0 Å². The molecule has 0 aliphatic heterocycles. The molecular formula is C15H24N2O. The van der Waals surface area contributed by atoms with Crippen molar-refractivity contribution in [1.82, 2.24) is 5.32 Å². The molecule has 0 spiro atoms. The summed E-state index contributed by atoms with van der Waals surface area (Å²) in [7, 11) is 1.87. The summed E-state index contributed by atoms with van der Waals surface area (Å²) in [6, 6.07) is 5.78. The van der Waals surface area contributed by atoms with E-state index in [1.54, 1.807) is 0 Å². The highest BCUT2D eigenvalue weighted by Crippen LogP contribution is 2.18. The second kappa shape index (κ2) is 5.89. The SMILES string of the molecule is CNc1ccc(C(=O)NCCC(C)(C)C)c(C)c1. The van der Waals surface area contributed by atoms with E-state index in [-0.39, 0.29) is 11.3 Å². The summed E-state index contributed by atoms with van der Waals surface area (Å²) in [6.07, 6.45) is 0.979. The van der Waals surface area contributed by atoms with Crippen LogP contribution in [0.1, 0.15) is 43.1 Å². The van der Waals surface area contributed by atoms with Gasteiger partial charge in [0, 0.05) is 24.8 Å². The Morgan fingerprint density at radius 1 is 1.28 bits per heavy atom. The van der Waals surface area contributed by atoms with Crippen LogP contribution in [-0.4, -0.2) is 19.5 Å². The minimum atomic E-state index is 0.0133. The van der Waals surface area contributed by atoms with E-state index in [0.29, 0.717) is 0 Å². The number of anilines is 1. The molecule has 0 aliphatic carbocycles. The van der Waals surface area contributed by atoms with E-state index >= 15 is 0 Å². The van der Waals surface area contributed by atoms with E-state index in [2.05, 4.69) is 31.4 Å². The lowest BCUT2D eigenvalue weighted by Gasteiger charge is -2.18. The molecule has 0 saturated carbocycles. The molecule has 0 aliphatic rings. The van der Waals surface area contributed by atoms with Gasteiger partial charge in [-0.1, -0.05) is 20.8 Å². The number of amides is 1. The maximum absolute atomic E-state index is 12.0. The standard InChI is InChI=1S/C15H24N2O/c1-11-10-12(16-5)6-7-13(11)14(18)17-9-8-15(2,3)4/h6-7,10,16H,8-9H2,1-5H3,(H,17,18). The monoisotopic (exact) mass is 248 g/mol. The van der Waals surface area contributed by atoms with E-state index in [4.69, 9.17) is 0 Å². The van der Waals surface area contributed by atoms with E-state index in [1.165, 1.54) is 0 Å². The second-order valence-electron chi connectivity index (χ2n) is 5.85. The van der Waals surface area contributed by atoms with Crippen LogP contribution in [0.3, 0.4) is 0 Å². The zero-order chi connectivity index (χ0) is 13.8. The third-order valence-corrected chi connectivity index (χ3v) is 2.92. The Hall–Kier alpha value is -1.51. The van der Waals surface area contributed by atoms with Crippen molar-refractivity contribution in [2.75, 3.05) is 18.9 Å². The number of carbonyl (C=O) groups is 1. The van der Waals surface area contributed by atoms with Crippen LogP contribution in [0.2, 0.25) is 0 Å². The Balaban J connectivity index is 2.62. The lowest BCUT2D eigenvalue weighted by molar-refractivity contribution is 0.0949. The van der Waals surface area contributed by atoms with Gasteiger partial charge in [0.05, 0.1) is 0 Å². The van der Waals surface area contributed by atoms with Crippen molar-refractivity contribution < 1.29 is 4.79 Å². The summed E-state index contributed by atoms with van der Waals surface area (Å²) < 4.78 is 0. The third kappa shape index (κ3) is 4.40. The van der Waals surface area contributed by atoms with Crippen LogP contribution in [0, 0.1) is 12.3 Å². The van der Waals surface area contributed by atoms with Crippen molar-refractivity contribution >= 4 is 11.6 Å². The van der Waals surface area contributed by atoms with Gasteiger partial charge in [0.25, 0.3) is 5.91 Å². The quantitative estimate of drug-likeness (QED) is 0.859. The molecule has 0 bridgehead atoms. The fourth-order valence-corrected chi connectivity index (χ4v) is 1.72. The van der Waals surface area contributed by atoms with Gasteiger partial charge >= 0.3 is 0 Å². The second-order valence-corrected chi connectivity index (χ2v) is 5.85. The summed E-state index contributed by atoms with van der Waals surface area (Å²) >= 11 is 0. The Bertz CT molecular complexity index is 419. The molecule has 0 fully saturated rings. The minimum Gasteiger partial charge on any atom is -0.388 e. The molecule has 0 atom stereocenters. The van der Waals surface area contributed by atoms with Crippen molar-refractivity contribution in [2.24, 2.45) is 5.41 Å². The number of nitrogens with one attached hydrogen (secondary N) is 2. The molecule has 0 aromatic heterocycles. The predicted molar refractivity (Wildman–Crippen MR) is 77.1 cm³/mol. The van der Waals surface area contributed by atoms with Crippen LogP contribution in [0.5, 0.6) is 0 Å². The predicted octanol–water partition coefficient (Wildman–Crippen LogP) is 3.20. The lowest BCUT2D eigenvalue weighted by Crippen LogP contribution is -2.27. The van der Waals surface area contributed by atoms with E-state index < -0.39 is 0 Å². The molecule has 1 aromatic rings. The topological polar surface area (TPSA) is 41.1 Å². The summed E-state index contributed by atoms with van der Waals surface area (Å²) in [5.41, 5.74) is 3.02. The Kier molecular flexibility index (Phi) is 4.76. The van der Waals surface area contributed by atoms with Crippen LogP contribution in [0.25, 0.3) is 0 Å². The first-order valence-corrected chi connectivity index (χ1v) is 6.40. The lowest BCUT2D eigenvalue weighted by atomic mass is 9.92. The highest BCUT2D eigenvalue weighted by atomic mass is 16.1. The highest BCUT2D eigenvalue weighted by molar-refractivity contribution is 5.96. The largest absolute Gasteiger partial charge is 0.388 e. The molecule has 0 radical (unpaired) electrons. The zero-order valence-corrected chi connectivity index (χ0v) is 12.1. The maximum atomic E-state index is 12.0. The highest BCUT2D eigenvalue weighted by Gasteiger charge is 2.12. The molecule has 2 N–H and O–H groups in total. The van der Waals surface area contributed by atoms with Crippen LogP contribution in [0.4, 0.5) is 5.69 Å². The molecule has 0 heterocycles. The van der Waals surface area contributed by atoms with Gasteiger partial charge in [-0.05, 0) is 42.5 Å². The van der Waals surface area contributed by atoms with Gasteiger partial charge in [-0.2, -0.15) is 0 Å². The maximum Gasteiger partial charge on any atom is 0.251 e. The average molecular weight is 248 g/mol. The Morgan fingerprint density at radius 3 is 2.44 bits per heavy atom. The number of carbonyl (C=O) groups excluding carboxylic acids is 1. The van der Waals surface area contributed by atoms with Gasteiger partial charge in [-0.3, -0.25) is 4.79 Å². The summed E-state index contributed by atoms with van der Waals surface area (Å²) in [4.78, 5) is 12.0. The third-order valence-electron chi connectivity index (χ3n) is 2.92. The van der Waals surface area contributed by atoms with E-state index in [0.717, 1.165) is 29.8 Å². The van der Waals surface area contributed by atoms with Crippen LogP contribution >= 0.6 is 0 Å². The van der Waals surface area contributed by atoms with Crippen molar-refractivity contribution in [1.29, 1.82) is 0 Å². The van der Waals surface area contributed by atoms with Crippen LogP contribution in [-0.2, 0) is 0 Å². The number of hydrogen-bond acceptors (Lipinski definition) is 2. The number of aryl methyl sites for hydroxylation is 1. The summed E-state index contributed by atoms with van der Waals surface area (Å²) in [6.45, 7) is 9.19. The first kappa shape index (κ1) is 14.6. The van der Waals surface area contributed by atoms with Crippen LogP contribution in [0.15, 0.2) is 18.2 Å². The van der Waals surface area contributed by atoms with Crippen molar-refractivity contribution in [3.63, 3.8) is 0 Å². The molecular weight excluding hydrogens is 224 g/mol. The van der Waals surface area contributed by atoms with Gasteiger partial charge in [0.2, 0.25) is 0 Å². The van der Waals surface area contributed by atoms with Crippen LogP contribution < -0.4 is 10.6 Å². The molecule has 3 nitrogen and oxygen atoms in total. The first-order chi connectivity index (χ1) is 8.33. The average Bonchev–Trinajstić information content (AvgIpc) is 2.26. The Labute approximate surface area is 110 Å². The van der Waals surface area contributed by atoms with Gasteiger partial charge in [-0.15, -0.1) is 0 Å². The molecule has 1 amide bonds. The fraction of sp³-hybridized carbons (Fsp3) is 0.533. The molecule has 0 unspecified atom stereocenters. The summed E-state index contributed by atoms with van der Waals surface area (Å²) in [5.74, 6) is 0.0133. The number of hydrogen-bond donors (Lipinski definition) is 2. The van der Waals surface area contributed by atoms with E-state index in [9.17, 15) is 4.79 Å². The normalized spacial score (nSPS) is 11.2. The first-order valence-electron chi connectivity index (χ1n) is 6.40. The molecule has 100 valence electrons. The molecule has 1 rings (SSSR count). The van der Waals surface area contributed by atoms with Crippen molar-refractivity contribution in [3.8, 4) is 0 Å². The van der Waals surface area contributed by atoms with Gasteiger partial charge < -0.3 is 10.6 Å². The fourth-order valence-electron chi connectivity index (χ4n) is 1.72. The minimum absolute atomic E-state index is 0.0133. The Morgan fingerprint density at radius 2 is 1.94 bits per heavy atom. The molecule has 18 heavy (non-hydrogen) atoms. The smallest absolute Gasteiger partial charge is 0.251 e. The van der Waals surface area contributed by atoms with Crippen molar-refractivity contribution in [2.45, 2.75) is 34.1 Å². The molecule has 3 heteroatoms. The summed E-state index contributed by atoms with van der Waals surface area (Å²) in [5, 5.41) is 6.04. The molecule has 0 saturated heterocycles. The van der Waals surface area contributed by atoms with Gasteiger partial charge in [0.1, 0.15) is 0 Å².